The molecular weight excluding hydrogens is 424 g/mol. The zero-order chi connectivity index (χ0) is 22.3. The summed E-state index contributed by atoms with van der Waals surface area (Å²) in [7, 11) is 0. The Balaban J connectivity index is 1.21. The van der Waals surface area contributed by atoms with Crippen LogP contribution in [0.2, 0.25) is 0 Å². The fraction of sp³-hybridized carbons (Fsp3) is 0.458. The van der Waals surface area contributed by atoms with E-state index in [9.17, 15) is 14.4 Å². The third kappa shape index (κ3) is 5.75. The van der Waals surface area contributed by atoms with Gasteiger partial charge in [-0.1, -0.05) is 36.4 Å². The lowest BCUT2D eigenvalue weighted by molar-refractivity contribution is -0.138. The number of carbonyl (C=O) groups excluding carboxylic acids is 3. The summed E-state index contributed by atoms with van der Waals surface area (Å²) in [4.78, 5) is 44.6. The number of piperidine rings is 1. The average molecular weight is 455 g/mol. The summed E-state index contributed by atoms with van der Waals surface area (Å²) in [6.07, 6.45) is 1.68. The zero-order valence-corrected chi connectivity index (χ0v) is 19.1. The first-order valence-electron chi connectivity index (χ1n) is 11.2. The molecule has 1 atom stereocenters. The predicted octanol–water partition coefficient (Wildman–Crippen LogP) is 2.06. The SMILES string of the molecule is O=C(CN1CCN(C(=O)C2CCCN(C(=O)c3cccs3)C2)CC1)NCc1ccccc1. The standard InChI is InChI=1S/C24H30N4O3S/c29-22(25-16-19-6-2-1-3-7-19)18-26-11-13-27(14-12-26)23(30)20-8-4-10-28(17-20)24(31)21-9-5-15-32-21/h1-3,5-7,9,15,20H,4,8,10-14,16-18H2,(H,25,29). The van der Waals surface area contributed by atoms with Gasteiger partial charge in [0.1, 0.15) is 0 Å². The van der Waals surface area contributed by atoms with Crippen molar-refractivity contribution in [3.8, 4) is 0 Å². The Labute approximate surface area is 193 Å². The number of nitrogens with zero attached hydrogens (tertiary/aromatic N) is 3. The molecule has 170 valence electrons. The maximum atomic E-state index is 13.1. The molecule has 2 fully saturated rings. The molecule has 2 aliphatic heterocycles. The van der Waals surface area contributed by atoms with Gasteiger partial charge in [-0.2, -0.15) is 0 Å². The van der Waals surface area contributed by atoms with Crippen molar-refractivity contribution in [1.82, 2.24) is 20.0 Å². The van der Waals surface area contributed by atoms with Crippen LogP contribution in [0.15, 0.2) is 47.8 Å². The molecule has 0 aliphatic carbocycles. The van der Waals surface area contributed by atoms with E-state index >= 15 is 0 Å². The Bertz CT molecular complexity index is 911. The highest BCUT2D eigenvalue weighted by molar-refractivity contribution is 7.12. The highest BCUT2D eigenvalue weighted by Gasteiger charge is 2.33. The lowest BCUT2D eigenvalue weighted by Crippen LogP contribution is -2.54. The number of hydrogen-bond donors (Lipinski definition) is 1. The van der Waals surface area contributed by atoms with Crippen molar-refractivity contribution in [2.24, 2.45) is 5.92 Å². The molecule has 32 heavy (non-hydrogen) atoms. The van der Waals surface area contributed by atoms with Crippen LogP contribution in [0, 0.1) is 5.92 Å². The van der Waals surface area contributed by atoms with Crippen LogP contribution < -0.4 is 5.32 Å². The summed E-state index contributed by atoms with van der Waals surface area (Å²) in [6.45, 7) is 4.72. The Hall–Kier alpha value is -2.71. The van der Waals surface area contributed by atoms with Gasteiger partial charge in [0.15, 0.2) is 0 Å². The van der Waals surface area contributed by atoms with Crippen LogP contribution >= 0.6 is 11.3 Å². The number of rotatable bonds is 6. The first-order chi connectivity index (χ1) is 15.6. The van der Waals surface area contributed by atoms with Crippen LogP contribution in [-0.2, 0) is 16.1 Å². The number of carbonyl (C=O) groups is 3. The van der Waals surface area contributed by atoms with Crippen molar-refractivity contribution >= 4 is 29.1 Å². The van der Waals surface area contributed by atoms with Crippen LogP contribution in [0.5, 0.6) is 0 Å². The molecule has 2 saturated heterocycles. The average Bonchev–Trinajstić information content (AvgIpc) is 3.38. The van der Waals surface area contributed by atoms with Crippen molar-refractivity contribution in [3.05, 3.63) is 58.3 Å². The molecule has 3 heterocycles. The Morgan fingerprint density at radius 3 is 2.44 bits per heavy atom. The van der Waals surface area contributed by atoms with Crippen LogP contribution in [0.4, 0.5) is 0 Å². The van der Waals surface area contributed by atoms with Crippen LogP contribution in [0.25, 0.3) is 0 Å². The van der Waals surface area contributed by atoms with E-state index in [4.69, 9.17) is 0 Å². The molecule has 0 saturated carbocycles. The zero-order valence-electron chi connectivity index (χ0n) is 18.2. The van der Waals surface area contributed by atoms with Crippen LogP contribution in [-0.4, -0.2) is 78.2 Å². The minimum atomic E-state index is -0.131. The maximum Gasteiger partial charge on any atom is 0.263 e. The van der Waals surface area contributed by atoms with E-state index in [0.29, 0.717) is 52.4 Å². The summed E-state index contributed by atoms with van der Waals surface area (Å²) in [6, 6.07) is 13.6. The van der Waals surface area contributed by atoms with Crippen LogP contribution in [0.3, 0.4) is 0 Å². The monoisotopic (exact) mass is 454 g/mol. The van der Waals surface area contributed by atoms with Gasteiger partial charge in [0, 0.05) is 45.8 Å². The number of likely N-dealkylation sites (tertiary alicyclic amines) is 1. The van der Waals surface area contributed by atoms with Gasteiger partial charge >= 0.3 is 0 Å². The number of amides is 3. The molecule has 2 aromatic rings. The summed E-state index contributed by atoms with van der Waals surface area (Å²) in [5, 5.41) is 4.87. The number of benzene rings is 1. The Kier molecular flexibility index (Phi) is 7.55. The van der Waals surface area contributed by atoms with Gasteiger partial charge < -0.3 is 15.1 Å². The maximum absolute atomic E-state index is 13.1. The van der Waals surface area contributed by atoms with Gasteiger partial charge in [0.25, 0.3) is 5.91 Å². The Morgan fingerprint density at radius 2 is 1.72 bits per heavy atom. The summed E-state index contributed by atoms with van der Waals surface area (Å²) >= 11 is 1.44. The van der Waals surface area contributed by atoms with Gasteiger partial charge in [-0.15, -0.1) is 11.3 Å². The molecule has 3 amide bonds. The normalized spacial score (nSPS) is 19.6. The quantitative estimate of drug-likeness (QED) is 0.725. The fourth-order valence-electron chi connectivity index (χ4n) is 4.36. The number of thiophene rings is 1. The molecule has 1 N–H and O–H groups in total. The third-order valence-electron chi connectivity index (χ3n) is 6.17. The molecule has 0 spiro atoms. The van der Waals surface area contributed by atoms with Crippen molar-refractivity contribution in [2.75, 3.05) is 45.8 Å². The molecule has 1 aromatic heterocycles. The highest BCUT2D eigenvalue weighted by Crippen LogP contribution is 2.22. The number of hydrogen-bond acceptors (Lipinski definition) is 5. The topological polar surface area (TPSA) is 73.0 Å². The van der Waals surface area contributed by atoms with Crippen molar-refractivity contribution in [1.29, 1.82) is 0 Å². The molecular formula is C24H30N4O3S. The largest absolute Gasteiger partial charge is 0.351 e. The summed E-state index contributed by atoms with van der Waals surface area (Å²) < 4.78 is 0. The Morgan fingerprint density at radius 1 is 0.938 bits per heavy atom. The van der Waals surface area contributed by atoms with Gasteiger partial charge in [-0.25, -0.2) is 0 Å². The smallest absolute Gasteiger partial charge is 0.263 e. The molecule has 0 bridgehead atoms. The first-order valence-corrected chi connectivity index (χ1v) is 12.1. The molecule has 1 aromatic carbocycles. The van der Waals surface area contributed by atoms with E-state index in [2.05, 4.69) is 10.2 Å². The molecule has 0 radical (unpaired) electrons. The van der Waals surface area contributed by atoms with Gasteiger partial charge in [-0.3, -0.25) is 19.3 Å². The van der Waals surface area contributed by atoms with E-state index in [1.165, 1.54) is 11.3 Å². The second-order valence-corrected chi connectivity index (χ2v) is 9.38. The lowest BCUT2D eigenvalue weighted by atomic mass is 9.96. The van der Waals surface area contributed by atoms with Crippen molar-refractivity contribution in [3.63, 3.8) is 0 Å². The predicted molar refractivity (Wildman–Crippen MR) is 124 cm³/mol. The van der Waals surface area contributed by atoms with Gasteiger partial charge in [-0.05, 0) is 29.9 Å². The van der Waals surface area contributed by atoms with E-state index < -0.39 is 0 Å². The fourth-order valence-corrected chi connectivity index (χ4v) is 5.05. The van der Waals surface area contributed by atoms with E-state index in [0.717, 1.165) is 23.3 Å². The molecule has 7 nitrogen and oxygen atoms in total. The minimum absolute atomic E-state index is 0.00337. The van der Waals surface area contributed by atoms with Gasteiger partial charge in [0.2, 0.25) is 11.8 Å². The molecule has 2 aliphatic rings. The van der Waals surface area contributed by atoms with Gasteiger partial charge in [0.05, 0.1) is 17.3 Å². The number of piperazine rings is 1. The first kappa shape index (κ1) is 22.5. The van der Waals surface area contributed by atoms with E-state index in [-0.39, 0.29) is 23.6 Å². The van der Waals surface area contributed by atoms with E-state index in [1.54, 1.807) is 0 Å². The number of nitrogens with one attached hydrogen (secondary N) is 1. The summed E-state index contributed by atoms with van der Waals surface area (Å²) in [5.41, 5.74) is 1.08. The molecule has 1 unspecified atom stereocenters. The third-order valence-corrected chi connectivity index (χ3v) is 7.03. The second-order valence-electron chi connectivity index (χ2n) is 8.43. The second kappa shape index (κ2) is 10.7. The lowest BCUT2D eigenvalue weighted by Gasteiger charge is -2.38. The molecule has 4 rings (SSSR count). The van der Waals surface area contributed by atoms with Crippen molar-refractivity contribution < 1.29 is 14.4 Å². The summed E-state index contributed by atoms with van der Waals surface area (Å²) in [5.74, 6) is 0.0442. The van der Waals surface area contributed by atoms with E-state index in [1.807, 2.05) is 57.6 Å². The highest BCUT2D eigenvalue weighted by atomic mass is 32.1. The minimum Gasteiger partial charge on any atom is -0.351 e. The van der Waals surface area contributed by atoms with Crippen molar-refractivity contribution in [2.45, 2.75) is 19.4 Å². The molecule has 8 heteroatoms. The van der Waals surface area contributed by atoms with Crippen LogP contribution in [0.1, 0.15) is 28.1 Å².